The van der Waals surface area contributed by atoms with Gasteiger partial charge in [-0.1, -0.05) is 4.47 Å². The van der Waals surface area contributed by atoms with Crippen molar-refractivity contribution in [3.05, 3.63) is 10.1 Å². The van der Waals surface area contributed by atoms with Crippen molar-refractivity contribution in [1.29, 1.82) is 5.26 Å². The van der Waals surface area contributed by atoms with Crippen LogP contribution in [0.15, 0.2) is 0 Å². The van der Waals surface area contributed by atoms with Crippen LogP contribution in [-0.2, 0) is 14.1 Å². The second-order valence-electron chi connectivity index (χ2n) is 1.16. The lowest BCUT2D eigenvalue weighted by molar-refractivity contribution is -0.793. The molecule has 0 aliphatic heterocycles. The average molecular weight is 215 g/mol. The van der Waals surface area contributed by atoms with Crippen LogP contribution in [0.2, 0.25) is 0 Å². The summed E-state index contributed by atoms with van der Waals surface area (Å²) in [5.74, 6) is 0. The van der Waals surface area contributed by atoms with Crippen LogP contribution in [-0.4, -0.2) is 22.5 Å². The predicted octanol–water partition coefficient (Wildman–Crippen LogP) is -0.656. The van der Waals surface area contributed by atoms with Gasteiger partial charge in [-0.25, -0.2) is 0 Å². The summed E-state index contributed by atoms with van der Waals surface area (Å²) in [6, 6.07) is 0. The van der Waals surface area contributed by atoms with Crippen LogP contribution in [0.3, 0.4) is 0 Å². The molecule has 11 heteroatoms. The fraction of sp³-hybridized carbons (Fsp3) is 0. The molecule has 1 N–H and O–H groups in total. The van der Waals surface area contributed by atoms with Crippen LogP contribution < -0.4 is 0 Å². The molecule has 0 bridgehead atoms. The Bertz CT molecular complexity index is 301. The molecule has 0 saturated heterocycles. The number of nitrogens with zero attached hydrogens (tertiary/aromatic N) is 3. The molecule has 0 spiro atoms. The zero-order valence-electron chi connectivity index (χ0n) is 5.15. The predicted molar refractivity (Wildman–Crippen MR) is 34.7 cm³/mol. The Morgan fingerprint density at radius 1 is 1.75 bits per heavy atom. The number of nitriles is 1. The lowest BCUT2D eigenvalue weighted by atomic mass is 11.4. The highest BCUT2D eigenvalue weighted by atomic mass is 33.2. The van der Waals surface area contributed by atoms with E-state index in [2.05, 4.69) is 4.94 Å². The summed E-state index contributed by atoms with van der Waals surface area (Å²) in [7, 11) is -5.12. The van der Waals surface area contributed by atoms with E-state index in [1.807, 2.05) is 0 Å². The van der Waals surface area contributed by atoms with Crippen LogP contribution in [0.1, 0.15) is 0 Å². The third-order valence-electron chi connectivity index (χ3n) is 0.384. The normalized spacial score (nSPS) is 10.0. The smallest absolute Gasteiger partial charge is 0.276 e. The first-order valence-corrected chi connectivity index (χ1v) is 4.77. The molecule has 68 valence electrons. The summed E-state index contributed by atoms with van der Waals surface area (Å²) in [6.07, 6.45) is 0.983. The molecule has 0 heterocycles. The van der Waals surface area contributed by atoms with Crippen LogP contribution in [0, 0.1) is 21.6 Å². The van der Waals surface area contributed by atoms with Gasteiger partial charge in [0.15, 0.2) is 11.0 Å². The van der Waals surface area contributed by atoms with Crippen LogP contribution in [0.25, 0.3) is 0 Å². The van der Waals surface area contributed by atoms with E-state index in [4.69, 9.17) is 9.81 Å². The van der Waals surface area contributed by atoms with Crippen molar-refractivity contribution < 1.29 is 23.0 Å². The minimum atomic E-state index is -4.59. The van der Waals surface area contributed by atoms with Gasteiger partial charge in [0.1, 0.15) is 0 Å². The third kappa shape index (κ3) is 5.53. The van der Waals surface area contributed by atoms with Crippen LogP contribution in [0.5, 0.6) is 0 Å². The summed E-state index contributed by atoms with van der Waals surface area (Å²) in [6.45, 7) is 0. The van der Waals surface area contributed by atoms with Gasteiger partial charge in [-0.3, -0.25) is 4.55 Å². The van der Waals surface area contributed by atoms with Gasteiger partial charge in [-0.05, 0) is 0 Å². The van der Waals surface area contributed by atoms with Crippen LogP contribution >= 0.6 is 11.0 Å². The zero-order chi connectivity index (χ0) is 9.78. The molecule has 0 aromatic carbocycles. The van der Waals surface area contributed by atoms with Gasteiger partial charge < -0.3 is 0 Å². The summed E-state index contributed by atoms with van der Waals surface area (Å²) in [4.78, 5) is 12.9. The minimum Gasteiger partial charge on any atom is -0.276 e. The van der Waals surface area contributed by atoms with Gasteiger partial charge >= 0.3 is 14.2 Å². The summed E-state index contributed by atoms with van der Waals surface area (Å²) < 4.78 is 27.8. The molecule has 0 unspecified atom stereocenters. The molecule has 0 aliphatic carbocycles. The minimum absolute atomic E-state index is 0.282. The fourth-order valence-corrected chi connectivity index (χ4v) is 1.18. The molecule has 12 heavy (non-hydrogen) atoms. The van der Waals surface area contributed by atoms with E-state index in [1.165, 1.54) is 0 Å². The number of hydroxylamine groups is 1. The quantitative estimate of drug-likeness (QED) is 0.123. The van der Waals surface area contributed by atoms with Gasteiger partial charge in [0, 0.05) is 0 Å². The van der Waals surface area contributed by atoms with Crippen molar-refractivity contribution in [2.24, 2.45) is 0 Å². The van der Waals surface area contributed by atoms with Gasteiger partial charge in [0.05, 0.1) is 0 Å². The topological polar surface area (TPSA) is 134 Å². The highest BCUT2D eigenvalue weighted by Crippen LogP contribution is 2.15. The van der Waals surface area contributed by atoms with E-state index in [1.54, 1.807) is 0 Å². The Morgan fingerprint density at radius 3 is 2.50 bits per heavy atom. The average Bonchev–Trinajstić information content (AvgIpc) is 1.82. The first-order valence-electron chi connectivity index (χ1n) is 2.04. The molecular weight excluding hydrogens is 214 g/mol. The maximum Gasteiger partial charge on any atom is 0.342 e. The van der Waals surface area contributed by atoms with Crippen molar-refractivity contribution in [1.82, 2.24) is 4.47 Å². The Balaban J connectivity index is 4.23. The van der Waals surface area contributed by atoms with Crippen molar-refractivity contribution in [3.8, 4) is 6.19 Å². The number of hydrogen-bond acceptors (Lipinski definition) is 8. The first kappa shape index (κ1) is 10.8. The Kier molecular flexibility index (Phi) is 3.54. The molecule has 0 aliphatic rings. The van der Waals surface area contributed by atoms with E-state index >= 15 is 0 Å². The summed E-state index contributed by atoms with van der Waals surface area (Å²) in [5.41, 5.74) is 0. The molecule has 0 atom stereocenters. The second-order valence-corrected chi connectivity index (χ2v) is 4.21. The maximum atomic E-state index is 10.0. The fourth-order valence-electron chi connectivity index (χ4n) is 0.195. The van der Waals surface area contributed by atoms with Gasteiger partial charge in [-0.2, -0.15) is 18.6 Å². The number of rotatable bonds is 4. The highest BCUT2D eigenvalue weighted by molar-refractivity contribution is 8.68. The van der Waals surface area contributed by atoms with Crippen LogP contribution in [0.4, 0.5) is 0 Å². The molecule has 0 fully saturated rings. The largest absolute Gasteiger partial charge is 0.342 e. The first-order chi connectivity index (χ1) is 5.35. The van der Waals surface area contributed by atoms with E-state index in [-0.39, 0.29) is 4.47 Å². The van der Waals surface area contributed by atoms with Gasteiger partial charge in [-0.15, -0.1) is 10.1 Å². The van der Waals surface area contributed by atoms with Crippen molar-refractivity contribution in [3.63, 3.8) is 0 Å². The Morgan fingerprint density at radius 2 is 2.25 bits per heavy atom. The van der Waals surface area contributed by atoms with Crippen molar-refractivity contribution in [2.45, 2.75) is 0 Å². The van der Waals surface area contributed by atoms with E-state index in [0.717, 1.165) is 6.19 Å². The van der Waals surface area contributed by atoms with E-state index in [0.29, 0.717) is 0 Å². The molecular formula is CHN3O6S2. The van der Waals surface area contributed by atoms with Crippen molar-refractivity contribution in [2.75, 3.05) is 0 Å². The molecule has 0 saturated carbocycles. The molecule has 0 rings (SSSR count). The van der Waals surface area contributed by atoms with E-state index < -0.39 is 25.2 Å². The zero-order valence-corrected chi connectivity index (χ0v) is 6.78. The lowest BCUT2D eigenvalue weighted by Gasteiger charge is -2.05. The molecule has 0 radical (unpaired) electrons. The highest BCUT2D eigenvalue weighted by Gasteiger charge is 2.17. The monoisotopic (exact) mass is 215 g/mol. The van der Waals surface area contributed by atoms with Gasteiger partial charge in [0.25, 0.3) is 0 Å². The molecule has 0 amide bonds. The molecule has 0 aromatic rings. The summed E-state index contributed by atoms with van der Waals surface area (Å²) >= 11 is 0. The maximum absolute atomic E-state index is 10.0. The standard InChI is InChI=1S/CHN3O6S2/c2-1-3(10-4(5)6)11-12(7,8)9/h(H,7,8,9). The lowest BCUT2D eigenvalue weighted by Crippen LogP contribution is -2.16. The SMILES string of the molecule is N#CN(O[N+](=O)[O-])SS(=O)(=O)O. The third-order valence-corrected chi connectivity index (χ3v) is 1.83. The number of hydrogen-bond donors (Lipinski definition) is 1. The Hall–Kier alpha value is -1.25. The summed E-state index contributed by atoms with van der Waals surface area (Å²) in [5, 5.41) is 16.1. The Labute approximate surface area is 69.9 Å². The van der Waals surface area contributed by atoms with Gasteiger partial charge in [0.2, 0.25) is 6.19 Å². The second kappa shape index (κ2) is 3.95. The van der Waals surface area contributed by atoms with E-state index in [9.17, 15) is 18.5 Å². The van der Waals surface area contributed by atoms with Crippen molar-refractivity contribution >= 4 is 20.1 Å². The molecule has 9 nitrogen and oxygen atoms in total. The molecule has 0 aromatic heterocycles.